The van der Waals surface area contributed by atoms with Crippen LogP contribution in [0.1, 0.15) is 15.9 Å². The van der Waals surface area contributed by atoms with Gasteiger partial charge in [-0.3, -0.25) is 4.79 Å². The average molecular weight is 388 g/mol. The summed E-state index contributed by atoms with van der Waals surface area (Å²) in [6.45, 7) is 0.403. The van der Waals surface area contributed by atoms with E-state index in [0.717, 1.165) is 5.56 Å². The van der Waals surface area contributed by atoms with Crippen molar-refractivity contribution in [1.82, 2.24) is 4.90 Å². The molecule has 1 amide bonds. The predicted octanol–water partition coefficient (Wildman–Crippen LogP) is 4.61. The molecule has 0 bridgehead atoms. The molecule has 0 saturated heterocycles. The molecule has 0 aliphatic carbocycles. The number of carbonyl (C=O) groups excluding carboxylic acids is 1. The van der Waals surface area contributed by atoms with E-state index in [1.54, 1.807) is 48.3 Å². The first-order valence-electron chi connectivity index (χ1n) is 6.12. The third-order valence-electron chi connectivity index (χ3n) is 2.91. The van der Waals surface area contributed by atoms with Crippen LogP contribution in [0.5, 0.6) is 0 Å². The lowest BCUT2D eigenvalue weighted by molar-refractivity contribution is 0.0784. The van der Waals surface area contributed by atoms with Crippen LogP contribution in [0.4, 0.5) is 5.69 Å². The first kappa shape index (κ1) is 16.1. The van der Waals surface area contributed by atoms with Crippen molar-refractivity contribution in [3.05, 3.63) is 62.0 Å². The van der Waals surface area contributed by atoms with Crippen LogP contribution >= 0.6 is 39.1 Å². The topological polar surface area (TPSA) is 46.3 Å². The van der Waals surface area contributed by atoms with Gasteiger partial charge in [-0.05, 0) is 57.9 Å². The molecule has 2 rings (SSSR count). The van der Waals surface area contributed by atoms with Crippen molar-refractivity contribution in [2.24, 2.45) is 0 Å². The molecule has 21 heavy (non-hydrogen) atoms. The Labute approximate surface area is 141 Å². The molecule has 3 nitrogen and oxygen atoms in total. The number of amides is 1. The van der Waals surface area contributed by atoms with Crippen LogP contribution in [-0.4, -0.2) is 17.9 Å². The molecule has 0 aromatic heterocycles. The highest BCUT2D eigenvalue weighted by atomic mass is 79.9. The third kappa shape index (κ3) is 4.13. The normalized spacial score (nSPS) is 10.5. The molecule has 0 aliphatic rings. The molecular weight excluding hydrogens is 375 g/mol. The fourth-order valence-electron chi connectivity index (χ4n) is 1.96. The molecule has 0 fully saturated rings. The maximum absolute atomic E-state index is 12.5. The summed E-state index contributed by atoms with van der Waals surface area (Å²) in [5.41, 5.74) is 7.66. The van der Waals surface area contributed by atoms with Gasteiger partial charge in [0.1, 0.15) is 0 Å². The van der Waals surface area contributed by atoms with Crippen molar-refractivity contribution in [2.45, 2.75) is 6.54 Å². The molecule has 2 N–H and O–H groups in total. The number of benzene rings is 2. The van der Waals surface area contributed by atoms with Gasteiger partial charge in [0, 0.05) is 33.8 Å². The Morgan fingerprint density at radius 2 is 1.81 bits per heavy atom. The van der Waals surface area contributed by atoms with Crippen molar-refractivity contribution in [3.63, 3.8) is 0 Å². The smallest absolute Gasteiger partial charge is 0.255 e. The van der Waals surface area contributed by atoms with Crippen LogP contribution in [0.2, 0.25) is 10.0 Å². The third-order valence-corrected chi connectivity index (χ3v) is 4.04. The lowest BCUT2D eigenvalue weighted by atomic mass is 10.1. The van der Waals surface area contributed by atoms with Gasteiger partial charge in [-0.15, -0.1) is 0 Å². The fraction of sp³-hybridized carbons (Fsp3) is 0.133. The van der Waals surface area contributed by atoms with Gasteiger partial charge in [-0.25, -0.2) is 0 Å². The Balaban J connectivity index is 2.21. The van der Waals surface area contributed by atoms with Gasteiger partial charge in [0.25, 0.3) is 5.91 Å². The van der Waals surface area contributed by atoms with Gasteiger partial charge >= 0.3 is 0 Å². The van der Waals surface area contributed by atoms with Gasteiger partial charge in [0.15, 0.2) is 0 Å². The largest absolute Gasteiger partial charge is 0.399 e. The number of hydrogen-bond donors (Lipinski definition) is 1. The zero-order chi connectivity index (χ0) is 15.6. The van der Waals surface area contributed by atoms with Crippen molar-refractivity contribution in [1.29, 1.82) is 0 Å². The predicted molar refractivity (Wildman–Crippen MR) is 90.8 cm³/mol. The van der Waals surface area contributed by atoms with E-state index in [1.807, 2.05) is 0 Å². The summed E-state index contributed by atoms with van der Waals surface area (Å²) >= 11 is 15.3. The molecular formula is C15H13BrCl2N2O. The first-order chi connectivity index (χ1) is 9.86. The zero-order valence-corrected chi connectivity index (χ0v) is 14.3. The number of nitrogens with two attached hydrogens (primary N) is 1. The van der Waals surface area contributed by atoms with Crippen LogP contribution < -0.4 is 5.73 Å². The molecule has 0 spiro atoms. The minimum atomic E-state index is -0.134. The quantitative estimate of drug-likeness (QED) is 0.781. The van der Waals surface area contributed by atoms with Crippen LogP contribution in [0.15, 0.2) is 40.9 Å². The van der Waals surface area contributed by atoms with Gasteiger partial charge < -0.3 is 10.6 Å². The van der Waals surface area contributed by atoms with E-state index in [9.17, 15) is 4.79 Å². The monoisotopic (exact) mass is 386 g/mol. The van der Waals surface area contributed by atoms with E-state index in [4.69, 9.17) is 28.9 Å². The van der Waals surface area contributed by atoms with E-state index in [1.165, 1.54) is 0 Å². The molecule has 2 aromatic carbocycles. The van der Waals surface area contributed by atoms with Gasteiger partial charge in [0.05, 0.1) is 5.56 Å². The second kappa shape index (κ2) is 6.69. The molecule has 0 heterocycles. The van der Waals surface area contributed by atoms with Crippen molar-refractivity contribution in [2.75, 3.05) is 12.8 Å². The number of nitrogens with zero attached hydrogens (tertiary/aromatic N) is 1. The summed E-state index contributed by atoms with van der Waals surface area (Å²) in [6.07, 6.45) is 0. The standard InChI is InChI=1S/C15H13BrCl2N2O/c1-20(8-9-4-10(17)6-11(18)5-9)15(21)13-7-12(19)2-3-14(13)16/h2-7H,8,19H2,1H3. The number of anilines is 1. The lowest BCUT2D eigenvalue weighted by Crippen LogP contribution is -2.26. The Bertz CT molecular complexity index is 671. The van der Waals surface area contributed by atoms with Crippen molar-refractivity contribution >= 4 is 50.7 Å². The highest BCUT2D eigenvalue weighted by Gasteiger charge is 2.16. The second-order valence-corrected chi connectivity index (χ2v) is 6.41. The summed E-state index contributed by atoms with van der Waals surface area (Å²) in [4.78, 5) is 14.1. The molecule has 2 aromatic rings. The van der Waals surface area contributed by atoms with Crippen LogP contribution in [0.3, 0.4) is 0 Å². The Kier molecular flexibility index (Phi) is 5.14. The molecule has 0 aliphatic heterocycles. The summed E-state index contributed by atoms with van der Waals surface area (Å²) in [5, 5.41) is 1.09. The molecule has 0 saturated carbocycles. The molecule has 6 heteroatoms. The molecule has 110 valence electrons. The first-order valence-corrected chi connectivity index (χ1v) is 7.67. The van der Waals surface area contributed by atoms with E-state index >= 15 is 0 Å². The molecule has 0 radical (unpaired) electrons. The van der Waals surface area contributed by atoms with E-state index < -0.39 is 0 Å². The van der Waals surface area contributed by atoms with E-state index in [2.05, 4.69) is 15.9 Å². The van der Waals surface area contributed by atoms with Crippen molar-refractivity contribution < 1.29 is 4.79 Å². The highest BCUT2D eigenvalue weighted by molar-refractivity contribution is 9.10. The van der Waals surface area contributed by atoms with Gasteiger partial charge in [0.2, 0.25) is 0 Å². The second-order valence-electron chi connectivity index (χ2n) is 4.68. The highest BCUT2D eigenvalue weighted by Crippen LogP contribution is 2.23. The Morgan fingerprint density at radius 3 is 2.43 bits per heavy atom. The summed E-state index contributed by atoms with van der Waals surface area (Å²) < 4.78 is 0.706. The summed E-state index contributed by atoms with van der Waals surface area (Å²) in [6, 6.07) is 10.4. The van der Waals surface area contributed by atoms with Crippen LogP contribution in [0, 0.1) is 0 Å². The summed E-state index contributed by atoms with van der Waals surface area (Å²) in [7, 11) is 1.72. The van der Waals surface area contributed by atoms with Crippen LogP contribution in [-0.2, 0) is 6.54 Å². The zero-order valence-electron chi connectivity index (χ0n) is 11.2. The summed E-state index contributed by atoms with van der Waals surface area (Å²) in [5.74, 6) is -0.134. The lowest BCUT2D eigenvalue weighted by Gasteiger charge is -2.18. The Hall–Kier alpha value is -1.23. The van der Waals surface area contributed by atoms with Gasteiger partial charge in [-0.2, -0.15) is 0 Å². The van der Waals surface area contributed by atoms with E-state index in [0.29, 0.717) is 32.3 Å². The maximum Gasteiger partial charge on any atom is 0.255 e. The van der Waals surface area contributed by atoms with Crippen molar-refractivity contribution in [3.8, 4) is 0 Å². The number of carbonyl (C=O) groups is 1. The number of hydrogen-bond acceptors (Lipinski definition) is 2. The number of nitrogen functional groups attached to an aromatic ring is 1. The molecule has 0 atom stereocenters. The fourth-order valence-corrected chi connectivity index (χ4v) is 2.95. The number of rotatable bonds is 3. The number of halogens is 3. The van der Waals surface area contributed by atoms with Gasteiger partial charge in [-0.1, -0.05) is 23.2 Å². The Morgan fingerprint density at radius 1 is 1.19 bits per heavy atom. The molecule has 0 unspecified atom stereocenters. The maximum atomic E-state index is 12.5. The van der Waals surface area contributed by atoms with Crippen LogP contribution in [0.25, 0.3) is 0 Å². The average Bonchev–Trinajstić information content (AvgIpc) is 2.39. The SMILES string of the molecule is CN(Cc1cc(Cl)cc(Cl)c1)C(=O)c1cc(N)ccc1Br. The minimum Gasteiger partial charge on any atom is -0.399 e. The van der Waals surface area contributed by atoms with E-state index in [-0.39, 0.29) is 5.91 Å². The minimum absolute atomic E-state index is 0.134.